The average molecular weight is 472 g/mol. The minimum atomic E-state index is -0.471. The molecule has 2 atom stereocenters. The summed E-state index contributed by atoms with van der Waals surface area (Å²) >= 11 is 1.32. The number of methoxy groups -OCH3 is 1. The predicted octanol–water partition coefficient (Wildman–Crippen LogP) is 4.11. The van der Waals surface area contributed by atoms with Gasteiger partial charge in [-0.3, -0.25) is 14.2 Å². The number of amides is 1. The summed E-state index contributed by atoms with van der Waals surface area (Å²) in [5.74, 6) is 0.801. The first kappa shape index (κ1) is 23.8. The highest BCUT2D eigenvalue weighted by atomic mass is 32.2. The van der Waals surface area contributed by atoms with Crippen LogP contribution in [0.4, 0.5) is 0 Å². The molecule has 1 aliphatic heterocycles. The third kappa shape index (κ3) is 5.10. The highest BCUT2D eigenvalue weighted by Crippen LogP contribution is 2.35. The Balaban J connectivity index is 1.61. The Hall–Kier alpha value is -2.35. The van der Waals surface area contributed by atoms with Crippen molar-refractivity contribution < 1.29 is 14.3 Å². The maximum absolute atomic E-state index is 13.3. The van der Waals surface area contributed by atoms with Crippen LogP contribution in [0.25, 0.3) is 10.9 Å². The molecule has 2 aliphatic rings. The Morgan fingerprint density at radius 1 is 1.18 bits per heavy atom. The first-order valence-electron chi connectivity index (χ1n) is 11.9. The Labute approximate surface area is 198 Å². The molecule has 0 bridgehead atoms. The number of carbonyl (C=O) groups is 2. The fraction of sp³-hybridized carbons (Fsp3) is 0.600. The summed E-state index contributed by atoms with van der Waals surface area (Å²) in [6, 6.07) is 5.17. The molecule has 1 aromatic heterocycles. The largest absolute Gasteiger partial charge is 0.465 e. The van der Waals surface area contributed by atoms with Gasteiger partial charge in [0.15, 0.2) is 5.16 Å². The van der Waals surface area contributed by atoms with Crippen LogP contribution >= 0.6 is 11.8 Å². The number of esters is 1. The number of carbonyl (C=O) groups excluding carboxylic acids is 2. The fourth-order valence-electron chi connectivity index (χ4n) is 5.23. The fourth-order valence-corrected chi connectivity index (χ4v) is 6.12. The van der Waals surface area contributed by atoms with E-state index in [-0.39, 0.29) is 23.1 Å². The van der Waals surface area contributed by atoms with E-state index in [9.17, 15) is 14.4 Å². The van der Waals surface area contributed by atoms with Gasteiger partial charge in [-0.1, -0.05) is 38.5 Å². The zero-order valence-electron chi connectivity index (χ0n) is 19.7. The summed E-state index contributed by atoms with van der Waals surface area (Å²) in [5, 5.41) is 0.980. The Morgan fingerprint density at radius 2 is 1.94 bits per heavy atom. The third-order valence-electron chi connectivity index (χ3n) is 6.78. The SMILES string of the molecule is COC(=O)c1ccc2c(=O)n(CC(C)C)c(SCC(=O)N3CCC[C@@H]4CCCC[C@H]43)nc2c1. The average Bonchev–Trinajstić information content (AvgIpc) is 2.83. The molecule has 2 fully saturated rings. The van der Waals surface area contributed by atoms with Gasteiger partial charge >= 0.3 is 5.97 Å². The van der Waals surface area contributed by atoms with E-state index < -0.39 is 5.97 Å². The molecule has 7 nitrogen and oxygen atoms in total. The molecule has 4 rings (SSSR count). The third-order valence-corrected chi connectivity index (χ3v) is 7.74. The second kappa shape index (κ2) is 10.3. The van der Waals surface area contributed by atoms with Crippen LogP contribution in [0.3, 0.4) is 0 Å². The predicted molar refractivity (Wildman–Crippen MR) is 130 cm³/mol. The van der Waals surface area contributed by atoms with Crippen molar-refractivity contribution in [1.82, 2.24) is 14.5 Å². The lowest BCUT2D eigenvalue weighted by Crippen LogP contribution is -2.50. The van der Waals surface area contributed by atoms with Gasteiger partial charge in [0, 0.05) is 19.1 Å². The topological polar surface area (TPSA) is 81.5 Å². The Morgan fingerprint density at radius 3 is 2.70 bits per heavy atom. The van der Waals surface area contributed by atoms with Crippen molar-refractivity contribution in [3.63, 3.8) is 0 Å². The standard InChI is InChI=1S/C25H33N3O4S/c1-16(2)14-28-23(30)19-11-10-18(24(31)32-3)13-20(19)26-25(28)33-15-22(29)27-12-6-8-17-7-4-5-9-21(17)27/h10-11,13,16-17,21H,4-9,12,14-15H2,1-3H3/t17-,21+/m0/s1. The van der Waals surface area contributed by atoms with Crippen LogP contribution in [0.5, 0.6) is 0 Å². The molecule has 1 aromatic carbocycles. The Bertz CT molecular complexity index is 1090. The monoisotopic (exact) mass is 471 g/mol. The second-order valence-electron chi connectivity index (χ2n) is 9.56. The number of piperidine rings is 1. The van der Waals surface area contributed by atoms with E-state index in [0.29, 0.717) is 40.1 Å². The number of ether oxygens (including phenoxy) is 1. The zero-order valence-corrected chi connectivity index (χ0v) is 20.5. The van der Waals surface area contributed by atoms with E-state index >= 15 is 0 Å². The smallest absolute Gasteiger partial charge is 0.337 e. The van der Waals surface area contributed by atoms with Crippen LogP contribution < -0.4 is 5.56 Å². The number of aromatic nitrogens is 2. The minimum absolute atomic E-state index is 0.130. The number of thioether (sulfide) groups is 1. The number of fused-ring (bicyclic) bond motifs is 2. The van der Waals surface area contributed by atoms with Crippen molar-refractivity contribution >= 4 is 34.5 Å². The van der Waals surface area contributed by atoms with E-state index in [1.54, 1.807) is 22.8 Å². The second-order valence-corrected chi connectivity index (χ2v) is 10.5. The molecule has 2 aromatic rings. The molecule has 0 N–H and O–H groups in total. The molecular weight excluding hydrogens is 438 g/mol. The van der Waals surface area contributed by atoms with Crippen LogP contribution in [-0.4, -0.2) is 51.8 Å². The van der Waals surface area contributed by atoms with Gasteiger partial charge in [-0.15, -0.1) is 0 Å². The summed E-state index contributed by atoms with van der Waals surface area (Å²) < 4.78 is 6.48. The lowest BCUT2D eigenvalue weighted by molar-refractivity contribution is -0.134. The molecule has 1 saturated heterocycles. The number of benzene rings is 1. The summed E-state index contributed by atoms with van der Waals surface area (Å²) in [6.45, 7) is 5.44. The van der Waals surface area contributed by atoms with Gasteiger partial charge in [0.1, 0.15) is 0 Å². The molecule has 0 radical (unpaired) electrons. The van der Waals surface area contributed by atoms with E-state index in [0.717, 1.165) is 19.4 Å². The molecule has 2 heterocycles. The normalized spacial score (nSPS) is 20.7. The van der Waals surface area contributed by atoms with Gasteiger partial charge in [-0.05, 0) is 55.7 Å². The van der Waals surface area contributed by atoms with Gasteiger partial charge in [0.25, 0.3) is 5.56 Å². The van der Waals surface area contributed by atoms with Crippen LogP contribution in [0.1, 0.15) is 62.7 Å². The molecular formula is C25H33N3O4S. The molecule has 1 amide bonds. The van der Waals surface area contributed by atoms with Crippen molar-refractivity contribution in [1.29, 1.82) is 0 Å². The van der Waals surface area contributed by atoms with Gasteiger partial charge in [-0.2, -0.15) is 0 Å². The highest BCUT2D eigenvalue weighted by Gasteiger charge is 2.35. The summed E-state index contributed by atoms with van der Waals surface area (Å²) in [4.78, 5) is 45.2. The van der Waals surface area contributed by atoms with Crippen molar-refractivity contribution in [2.45, 2.75) is 70.1 Å². The van der Waals surface area contributed by atoms with E-state index in [2.05, 4.69) is 4.90 Å². The van der Waals surface area contributed by atoms with E-state index in [1.165, 1.54) is 44.6 Å². The molecule has 178 valence electrons. The van der Waals surface area contributed by atoms with Crippen molar-refractivity contribution in [3.05, 3.63) is 34.1 Å². The summed E-state index contributed by atoms with van der Waals surface area (Å²) in [7, 11) is 1.32. The summed E-state index contributed by atoms with van der Waals surface area (Å²) in [6.07, 6.45) is 7.09. The van der Waals surface area contributed by atoms with Crippen molar-refractivity contribution in [2.75, 3.05) is 19.4 Å². The number of hydrogen-bond acceptors (Lipinski definition) is 6. The molecule has 33 heavy (non-hydrogen) atoms. The van der Waals surface area contributed by atoms with Gasteiger partial charge < -0.3 is 9.64 Å². The van der Waals surface area contributed by atoms with E-state index in [1.807, 2.05) is 13.8 Å². The van der Waals surface area contributed by atoms with Crippen LogP contribution in [0.2, 0.25) is 0 Å². The first-order chi connectivity index (χ1) is 15.9. The van der Waals surface area contributed by atoms with Crippen LogP contribution in [0.15, 0.2) is 28.2 Å². The Kier molecular flexibility index (Phi) is 7.41. The maximum atomic E-state index is 13.3. The van der Waals surface area contributed by atoms with Gasteiger partial charge in [0.05, 0.1) is 29.3 Å². The summed E-state index contributed by atoms with van der Waals surface area (Å²) in [5.41, 5.74) is 0.649. The number of rotatable bonds is 6. The number of hydrogen-bond donors (Lipinski definition) is 0. The molecule has 8 heteroatoms. The molecule has 1 saturated carbocycles. The van der Waals surface area contributed by atoms with Crippen LogP contribution in [-0.2, 0) is 16.1 Å². The first-order valence-corrected chi connectivity index (χ1v) is 12.9. The minimum Gasteiger partial charge on any atom is -0.465 e. The van der Waals surface area contributed by atoms with Crippen LogP contribution in [0, 0.1) is 11.8 Å². The molecule has 0 unspecified atom stereocenters. The molecule has 1 aliphatic carbocycles. The zero-order chi connectivity index (χ0) is 23.5. The highest BCUT2D eigenvalue weighted by molar-refractivity contribution is 7.99. The maximum Gasteiger partial charge on any atom is 0.337 e. The van der Waals surface area contributed by atoms with Gasteiger partial charge in [0.2, 0.25) is 5.91 Å². The quantitative estimate of drug-likeness (QED) is 0.358. The lowest BCUT2D eigenvalue weighted by Gasteiger charge is -2.44. The van der Waals surface area contributed by atoms with Crippen molar-refractivity contribution in [2.24, 2.45) is 11.8 Å². The lowest BCUT2D eigenvalue weighted by atomic mass is 9.78. The van der Waals surface area contributed by atoms with E-state index in [4.69, 9.17) is 9.72 Å². The molecule has 0 spiro atoms. The van der Waals surface area contributed by atoms with Crippen molar-refractivity contribution in [3.8, 4) is 0 Å². The number of likely N-dealkylation sites (tertiary alicyclic amines) is 1. The van der Waals surface area contributed by atoms with Gasteiger partial charge in [-0.25, -0.2) is 9.78 Å². The number of nitrogens with zero attached hydrogens (tertiary/aromatic N) is 3.